The molecule has 7 nitrogen and oxygen atoms in total. The molecule has 0 fully saturated rings. The van der Waals surface area contributed by atoms with Gasteiger partial charge in [0.2, 0.25) is 0 Å². The maximum atomic E-state index is 13.8. The first-order valence-electron chi connectivity index (χ1n) is 12.9. The largest absolute Gasteiger partial charge is 0.457 e. The lowest BCUT2D eigenvalue weighted by Crippen LogP contribution is -2.45. The number of allylic oxidation sites excluding steroid dienone is 2. The fourth-order valence-corrected chi connectivity index (χ4v) is 5.11. The standard InChI is InChI=1S/C28H39F3N2O5S/c1-16-8-7-9-19(28(29,30)31)10-11-21(17(2)12-20-15-39-23(33-20)14-32-6)38-24(35)13-22(34)27(4,5)26(37)18(3)25(16)36/h7-8,10,12,15-16,18,21-22,25,32,34,36H,9,11,13-14H2,1-6H3/t16-,18+,21?,22-,25-/m0/s1. The van der Waals surface area contributed by atoms with E-state index in [0.717, 1.165) is 11.1 Å². The van der Waals surface area contributed by atoms with Crippen molar-refractivity contribution in [3.63, 3.8) is 0 Å². The van der Waals surface area contributed by atoms with Gasteiger partial charge in [-0.05, 0) is 32.0 Å². The zero-order valence-electron chi connectivity index (χ0n) is 23.2. The van der Waals surface area contributed by atoms with Crippen LogP contribution in [0.5, 0.6) is 0 Å². The molecule has 0 spiro atoms. The van der Waals surface area contributed by atoms with Crippen LogP contribution in [-0.4, -0.2) is 58.5 Å². The summed E-state index contributed by atoms with van der Waals surface area (Å²) in [5, 5.41) is 27.1. The number of aromatic nitrogens is 1. The number of ketones is 1. The number of nitrogens with one attached hydrogen (secondary N) is 1. The van der Waals surface area contributed by atoms with Crippen LogP contribution in [-0.2, 0) is 20.9 Å². The number of aliphatic hydroxyl groups excluding tert-OH is 2. The highest BCUT2D eigenvalue weighted by molar-refractivity contribution is 7.09. The molecule has 3 N–H and O–H groups in total. The Balaban J connectivity index is 2.49. The molecule has 0 radical (unpaired) electrons. The first-order valence-corrected chi connectivity index (χ1v) is 13.8. The molecule has 1 unspecified atom stereocenters. The molecule has 2 heterocycles. The summed E-state index contributed by atoms with van der Waals surface area (Å²) in [5.41, 5.74) is -1.14. The van der Waals surface area contributed by atoms with E-state index in [1.54, 1.807) is 32.4 Å². The number of carbonyl (C=O) groups excluding carboxylic acids is 2. The molecular formula is C28H39F3N2O5S. The molecule has 39 heavy (non-hydrogen) atoms. The number of cyclic esters (lactones) is 1. The average molecular weight is 573 g/mol. The summed E-state index contributed by atoms with van der Waals surface area (Å²) in [4.78, 5) is 30.5. The van der Waals surface area contributed by atoms with Gasteiger partial charge in [-0.25, -0.2) is 4.98 Å². The van der Waals surface area contributed by atoms with Crippen molar-refractivity contribution >= 4 is 29.2 Å². The van der Waals surface area contributed by atoms with Crippen molar-refractivity contribution in [3.05, 3.63) is 45.5 Å². The van der Waals surface area contributed by atoms with Crippen molar-refractivity contribution in [1.29, 1.82) is 0 Å². The third-order valence-corrected chi connectivity index (χ3v) is 7.93. The monoisotopic (exact) mass is 572 g/mol. The van der Waals surface area contributed by atoms with Crippen LogP contribution in [0.15, 0.2) is 34.8 Å². The first kappa shape index (κ1) is 32.9. The van der Waals surface area contributed by atoms with Gasteiger partial charge in [-0.3, -0.25) is 9.59 Å². The van der Waals surface area contributed by atoms with Crippen molar-refractivity contribution in [1.82, 2.24) is 10.3 Å². The van der Waals surface area contributed by atoms with Crippen molar-refractivity contribution < 1.29 is 37.7 Å². The molecule has 0 saturated heterocycles. The number of rotatable bonds is 4. The molecule has 11 heteroatoms. The van der Waals surface area contributed by atoms with E-state index in [2.05, 4.69) is 10.3 Å². The van der Waals surface area contributed by atoms with E-state index in [0.29, 0.717) is 17.8 Å². The number of hydrogen-bond donors (Lipinski definition) is 3. The van der Waals surface area contributed by atoms with Gasteiger partial charge in [0, 0.05) is 35.8 Å². The quantitative estimate of drug-likeness (QED) is 0.344. The zero-order chi connectivity index (χ0) is 29.5. The van der Waals surface area contributed by atoms with Crippen LogP contribution in [0.4, 0.5) is 13.2 Å². The predicted molar refractivity (Wildman–Crippen MR) is 145 cm³/mol. The topological polar surface area (TPSA) is 109 Å². The second kappa shape index (κ2) is 13.8. The normalized spacial score (nSPS) is 28.2. The minimum Gasteiger partial charge on any atom is -0.457 e. The van der Waals surface area contributed by atoms with Crippen LogP contribution in [0.25, 0.3) is 6.08 Å². The number of hydrogen-bond acceptors (Lipinski definition) is 8. The molecule has 0 aromatic carbocycles. The highest BCUT2D eigenvalue weighted by Gasteiger charge is 2.42. The summed E-state index contributed by atoms with van der Waals surface area (Å²) >= 11 is 1.42. The number of halogens is 3. The summed E-state index contributed by atoms with van der Waals surface area (Å²) in [5.74, 6) is -2.87. The molecule has 1 aromatic rings. The number of nitrogens with zero attached hydrogens (tertiary/aromatic N) is 1. The molecule has 0 saturated carbocycles. The number of ether oxygens (including phenoxy) is 1. The summed E-state index contributed by atoms with van der Waals surface area (Å²) < 4.78 is 47.0. The number of Topliss-reactive ketones (excluding diaryl/α,β-unsaturated/α-hetero) is 1. The number of thiazole rings is 1. The maximum Gasteiger partial charge on any atom is 0.412 e. The van der Waals surface area contributed by atoms with Gasteiger partial charge < -0.3 is 20.3 Å². The maximum absolute atomic E-state index is 13.8. The molecule has 1 aromatic heterocycles. The third-order valence-electron chi connectivity index (χ3n) is 7.07. The fourth-order valence-electron chi connectivity index (χ4n) is 4.35. The highest BCUT2D eigenvalue weighted by Crippen LogP contribution is 2.33. The van der Waals surface area contributed by atoms with E-state index >= 15 is 0 Å². The lowest BCUT2D eigenvalue weighted by molar-refractivity contribution is -0.154. The van der Waals surface area contributed by atoms with E-state index in [-0.39, 0.29) is 6.42 Å². The van der Waals surface area contributed by atoms with E-state index in [1.165, 1.54) is 44.3 Å². The van der Waals surface area contributed by atoms with Crippen LogP contribution in [0.2, 0.25) is 0 Å². The average Bonchev–Trinajstić information content (AvgIpc) is 3.28. The molecule has 0 bridgehead atoms. The third kappa shape index (κ3) is 9.09. The Morgan fingerprint density at radius 2 is 1.95 bits per heavy atom. The fraction of sp³-hybridized carbons (Fsp3) is 0.607. The predicted octanol–water partition coefficient (Wildman–Crippen LogP) is 5.00. The van der Waals surface area contributed by atoms with Crippen LogP contribution in [0.1, 0.15) is 64.6 Å². The molecule has 1 aliphatic rings. The Hall–Kier alpha value is -2.34. The second-order valence-electron chi connectivity index (χ2n) is 10.6. The second-order valence-corrected chi connectivity index (χ2v) is 11.5. The van der Waals surface area contributed by atoms with Gasteiger partial charge in [0.05, 0.1) is 29.7 Å². The summed E-state index contributed by atoms with van der Waals surface area (Å²) in [6.07, 6.45) is -4.09. The zero-order valence-corrected chi connectivity index (χ0v) is 24.0. The number of aliphatic hydroxyl groups is 2. The van der Waals surface area contributed by atoms with Crippen LogP contribution in [0.3, 0.4) is 0 Å². The Bertz CT molecular complexity index is 1090. The summed E-state index contributed by atoms with van der Waals surface area (Å²) in [6, 6.07) is 0. The molecule has 1 aliphatic heterocycles. The smallest absolute Gasteiger partial charge is 0.412 e. The Labute approximate surface area is 231 Å². The van der Waals surface area contributed by atoms with E-state index in [9.17, 15) is 33.0 Å². The summed E-state index contributed by atoms with van der Waals surface area (Å²) in [6.45, 7) is 8.29. The van der Waals surface area contributed by atoms with E-state index in [4.69, 9.17) is 4.74 Å². The Morgan fingerprint density at radius 3 is 2.56 bits per heavy atom. The van der Waals surface area contributed by atoms with Crippen molar-refractivity contribution in [3.8, 4) is 0 Å². The molecule has 218 valence electrons. The first-order chi connectivity index (χ1) is 18.1. The molecular weight excluding hydrogens is 533 g/mol. The number of alkyl halides is 3. The molecule has 2 rings (SSSR count). The van der Waals surface area contributed by atoms with Gasteiger partial charge in [0.25, 0.3) is 0 Å². The van der Waals surface area contributed by atoms with Gasteiger partial charge in [-0.2, -0.15) is 13.2 Å². The van der Waals surface area contributed by atoms with Crippen LogP contribution in [0, 0.1) is 17.3 Å². The minimum absolute atomic E-state index is 0.252. The minimum atomic E-state index is -4.62. The van der Waals surface area contributed by atoms with Gasteiger partial charge in [-0.15, -0.1) is 11.3 Å². The van der Waals surface area contributed by atoms with Gasteiger partial charge >= 0.3 is 12.1 Å². The molecule has 0 aliphatic carbocycles. The lowest BCUT2D eigenvalue weighted by Gasteiger charge is -2.34. The van der Waals surface area contributed by atoms with Crippen molar-refractivity contribution in [2.45, 2.75) is 84.9 Å². The lowest BCUT2D eigenvalue weighted by atomic mass is 9.73. The van der Waals surface area contributed by atoms with Gasteiger partial charge in [0.1, 0.15) is 16.9 Å². The SMILES string of the molecule is CNCc1nc(C=C(C)C2CC=C(C(F)(F)F)CC=C[C@H](C)[C@H](O)[C@@H](C)C(=O)C(C)(C)[C@@H](O)CC(=O)O2)cs1. The van der Waals surface area contributed by atoms with E-state index in [1.807, 2.05) is 0 Å². The van der Waals surface area contributed by atoms with Crippen LogP contribution >= 0.6 is 11.3 Å². The van der Waals surface area contributed by atoms with Crippen molar-refractivity contribution in [2.24, 2.45) is 17.3 Å². The van der Waals surface area contributed by atoms with Gasteiger partial charge in [0.15, 0.2) is 0 Å². The number of esters is 1. The Kier molecular flexibility index (Phi) is 11.7. The molecule has 0 amide bonds. The molecule has 5 atom stereocenters. The van der Waals surface area contributed by atoms with Crippen LogP contribution < -0.4 is 5.32 Å². The highest BCUT2D eigenvalue weighted by atomic mass is 32.1. The van der Waals surface area contributed by atoms with E-state index < -0.39 is 71.9 Å². The van der Waals surface area contributed by atoms with Crippen molar-refractivity contribution in [2.75, 3.05) is 7.05 Å². The Morgan fingerprint density at radius 1 is 1.28 bits per heavy atom. The van der Waals surface area contributed by atoms with Gasteiger partial charge in [-0.1, -0.05) is 45.9 Å². The number of carbonyl (C=O) groups is 2. The summed E-state index contributed by atoms with van der Waals surface area (Å²) in [7, 11) is 1.78.